The van der Waals surface area contributed by atoms with E-state index in [1.165, 1.54) is 11.3 Å². The van der Waals surface area contributed by atoms with Crippen LogP contribution in [0.3, 0.4) is 0 Å². The number of rotatable bonds is 3. The second kappa shape index (κ2) is 6.72. The zero-order valence-corrected chi connectivity index (χ0v) is 14.7. The van der Waals surface area contributed by atoms with Crippen LogP contribution in [0.2, 0.25) is 0 Å². The molecule has 2 fully saturated rings. The Balaban J connectivity index is 1.65. The number of ether oxygens (including phenoxy) is 1. The van der Waals surface area contributed by atoms with Gasteiger partial charge in [0.25, 0.3) is 11.8 Å². The molecule has 4 heterocycles. The first-order chi connectivity index (χ1) is 12.1. The minimum Gasteiger partial charge on any atom is -0.379 e. The summed E-state index contributed by atoms with van der Waals surface area (Å²) in [5, 5.41) is 0. The van der Waals surface area contributed by atoms with Crippen molar-refractivity contribution in [3.63, 3.8) is 0 Å². The van der Waals surface area contributed by atoms with E-state index in [9.17, 15) is 9.59 Å². The van der Waals surface area contributed by atoms with Crippen LogP contribution >= 0.6 is 0 Å². The molecule has 0 aliphatic carbocycles. The lowest BCUT2D eigenvalue weighted by Gasteiger charge is -2.30. The highest BCUT2D eigenvalue weighted by Crippen LogP contribution is 2.32. The molecule has 7 heteroatoms. The normalized spacial score (nSPS) is 21.8. The molecule has 2 saturated heterocycles. The summed E-state index contributed by atoms with van der Waals surface area (Å²) in [7, 11) is 0. The third-order valence-corrected chi connectivity index (χ3v) is 5.16. The SMILES string of the molecule is Cc1cc2c(c(N3CCCCC3)n1)C(=O)N(CN1CCOCC1)C2=O. The first kappa shape index (κ1) is 16.5. The van der Waals surface area contributed by atoms with E-state index in [-0.39, 0.29) is 11.8 Å². The molecular formula is C18H24N4O3. The molecule has 134 valence electrons. The minimum atomic E-state index is -0.209. The Labute approximate surface area is 147 Å². The maximum atomic E-state index is 13.0. The number of carbonyl (C=O) groups excluding carboxylic acids is 2. The van der Waals surface area contributed by atoms with E-state index in [2.05, 4.69) is 14.8 Å². The molecule has 1 aromatic heterocycles. The van der Waals surface area contributed by atoms with Gasteiger partial charge in [0.2, 0.25) is 0 Å². The largest absolute Gasteiger partial charge is 0.379 e. The van der Waals surface area contributed by atoms with Crippen LogP contribution in [-0.4, -0.2) is 72.7 Å². The molecule has 0 unspecified atom stereocenters. The van der Waals surface area contributed by atoms with Crippen LogP contribution in [-0.2, 0) is 4.74 Å². The lowest BCUT2D eigenvalue weighted by molar-refractivity contribution is 0.0124. The van der Waals surface area contributed by atoms with Crippen molar-refractivity contribution in [3.05, 3.63) is 22.9 Å². The molecule has 2 amide bonds. The standard InChI is InChI=1S/C18H24N4O3/c1-13-11-14-15(16(19-13)21-5-3-2-4-6-21)18(24)22(17(14)23)12-20-7-9-25-10-8-20/h11H,2-10,12H2,1H3. The highest BCUT2D eigenvalue weighted by atomic mass is 16.5. The molecule has 0 atom stereocenters. The zero-order valence-electron chi connectivity index (χ0n) is 14.7. The summed E-state index contributed by atoms with van der Waals surface area (Å²) in [5.74, 6) is 0.285. The van der Waals surface area contributed by atoms with Crippen molar-refractivity contribution < 1.29 is 14.3 Å². The second-order valence-electron chi connectivity index (χ2n) is 6.97. The molecule has 4 rings (SSSR count). The van der Waals surface area contributed by atoms with Gasteiger partial charge in [-0.1, -0.05) is 0 Å². The molecule has 0 radical (unpaired) electrons. The quantitative estimate of drug-likeness (QED) is 0.770. The highest BCUT2D eigenvalue weighted by molar-refractivity contribution is 6.23. The average molecular weight is 344 g/mol. The molecule has 3 aliphatic rings. The van der Waals surface area contributed by atoms with Gasteiger partial charge < -0.3 is 9.64 Å². The van der Waals surface area contributed by atoms with Crippen LogP contribution in [0.1, 0.15) is 45.7 Å². The number of aromatic nitrogens is 1. The first-order valence-corrected chi connectivity index (χ1v) is 9.08. The van der Waals surface area contributed by atoms with Gasteiger partial charge in [-0.2, -0.15) is 0 Å². The van der Waals surface area contributed by atoms with E-state index in [0.29, 0.717) is 36.8 Å². The van der Waals surface area contributed by atoms with Crippen molar-refractivity contribution in [2.24, 2.45) is 0 Å². The third kappa shape index (κ3) is 3.02. The fraction of sp³-hybridized carbons (Fsp3) is 0.611. The summed E-state index contributed by atoms with van der Waals surface area (Å²) in [6.45, 7) is 6.77. The fourth-order valence-corrected chi connectivity index (χ4v) is 3.81. The van der Waals surface area contributed by atoms with Gasteiger partial charge in [-0.3, -0.25) is 19.4 Å². The topological polar surface area (TPSA) is 66.0 Å². The smallest absolute Gasteiger partial charge is 0.266 e. The van der Waals surface area contributed by atoms with Crippen molar-refractivity contribution in [3.8, 4) is 0 Å². The number of pyridine rings is 1. The van der Waals surface area contributed by atoms with Crippen molar-refractivity contribution in [2.45, 2.75) is 26.2 Å². The van der Waals surface area contributed by atoms with Gasteiger partial charge in [0, 0.05) is 31.9 Å². The third-order valence-electron chi connectivity index (χ3n) is 5.16. The lowest BCUT2D eigenvalue weighted by atomic mass is 10.1. The average Bonchev–Trinajstić information content (AvgIpc) is 2.87. The number of piperidine rings is 1. The van der Waals surface area contributed by atoms with Gasteiger partial charge in [0.05, 0.1) is 31.0 Å². The molecule has 3 aliphatic heterocycles. The summed E-state index contributed by atoms with van der Waals surface area (Å²) in [6, 6.07) is 1.75. The summed E-state index contributed by atoms with van der Waals surface area (Å²) in [4.78, 5) is 36.2. The Morgan fingerprint density at radius 3 is 2.48 bits per heavy atom. The van der Waals surface area contributed by atoms with E-state index in [4.69, 9.17) is 4.74 Å². The van der Waals surface area contributed by atoms with Crippen molar-refractivity contribution in [1.82, 2.24) is 14.8 Å². The van der Waals surface area contributed by atoms with Crippen molar-refractivity contribution >= 4 is 17.6 Å². The molecule has 0 aromatic carbocycles. The second-order valence-corrected chi connectivity index (χ2v) is 6.97. The summed E-state index contributed by atoms with van der Waals surface area (Å²) in [5.41, 5.74) is 1.78. The van der Waals surface area contributed by atoms with Crippen LogP contribution in [0.4, 0.5) is 5.82 Å². The maximum absolute atomic E-state index is 13.0. The molecule has 7 nitrogen and oxygen atoms in total. The van der Waals surface area contributed by atoms with Crippen LogP contribution in [0.5, 0.6) is 0 Å². The molecule has 25 heavy (non-hydrogen) atoms. The van der Waals surface area contributed by atoms with Crippen molar-refractivity contribution in [1.29, 1.82) is 0 Å². The number of morpholine rings is 1. The van der Waals surface area contributed by atoms with E-state index in [1.54, 1.807) is 6.07 Å². The number of imide groups is 1. The Morgan fingerprint density at radius 2 is 1.76 bits per heavy atom. The molecular weight excluding hydrogens is 320 g/mol. The van der Waals surface area contributed by atoms with Crippen LogP contribution in [0, 0.1) is 6.92 Å². The van der Waals surface area contributed by atoms with Gasteiger partial charge in [-0.25, -0.2) is 4.98 Å². The van der Waals surface area contributed by atoms with E-state index < -0.39 is 0 Å². The van der Waals surface area contributed by atoms with Crippen LogP contribution < -0.4 is 4.90 Å². The summed E-state index contributed by atoms with van der Waals surface area (Å²) < 4.78 is 5.35. The molecule has 0 N–H and O–H groups in total. The molecule has 1 aromatic rings. The predicted molar refractivity (Wildman–Crippen MR) is 92.8 cm³/mol. The van der Waals surface area contributed by atoms with E-state index in [1.807, 2.05) is 6.92 Å². The minimum absolute atomic E-state index is 0.199. The number of hydrogen-bond acceptors (Lipinski definition) is 6. The van der Waals surface area contributed by atoms with E-state index in [0.717, 1.165) is 44.7 Å². The molecule has 0 bridgehead atoms. The number of carbonyl (C=O) groups is 2. The summed E-state index contributed by atoms with van der Waals surface area (Å²) >= 11 is 0. The van der Waals surface area contributed by atoms with Gasteiger partial charge in [0.1, 0.15) is 5.82 Å². The lowest BCUT2D eigenvalue weighted by Crippen LogP contribution is -2.46. The number of fused-ring (bicyclic) bond motifs is 1. The number of nitrogens with zero attached hydrogens (tertiary/aromatic N) is 4. The zero-order chi connectivity index (χ0) is 17.4. The monoisotopic (exact) mass is 344 g/mol. The predicted octanol–water partition coefficient (Wildman–Crippen LogP) is 1.27. The number of aryl methyl sites for hydroxylation is 1. The number of amides is 2. The van der Waals surface area contributed by atoms with Gasteiger partial charge in [-0.15, -0.1) is 0 Å². The maximum Gasteiger partial charge on any atom is 0.266 e. The van der Waals surface area contributed by atoms with Crippen LogP contribution in [0.25, 0.3) is 0 Å². The molecule has 0 saturated carbocycles. The van der Waals surface area contributed by atoms with Gasteiger partial charge in [-0.05, 0) is 32.3 Å². The van der Waals surface area contributed by atoms with Gasteiger partial charge in [0.15, 0.2) is 0 Å². The number of anilines is 1. The van der Waals surface area contributed by atoms with E-state index >= 15 is 0 Å². The Morgan fingerprint density at radius 1 is 1.04 bits per heavy atom. The van der Waals surface area contributed by atoms with Gasteiger partial charge >= 0.3 is 0 Å². The molecule has 0 spiro atoms. The fourth-order valence-electron chi connectivity index (χ4n) is 3.81. The summed E-state index contributed by atoms with van der Waals surface area (Å²) in [6.07, 6.45) is 3.41. The Hall–Kier alpha value is -1.99. The van der Waals surface area contributed by atoms with Crippen molar-refractivity contribution in [2.75, 3.05) is 51.0 Å². The first-order valence-electron chi connectivity index (χ1n) is 9.08. The van der Waals surface area contributed by atoms with Crippen LogP contribution in [0.15, 0.2) is 6.07 Å². The number of hydrogen-bond donors (Lipinski definition) is 0. The Kier molecular flexibility index (Phi) is 4.43. The highest BCUT2D eigenvalue weighted by Gasteiger charge is 2.40. The Bertz CT molecular complexity index is 694.